The molecule has 2 aliphatic rings. The van der Waals surface area contributed by atoms with Crippen LogP contribution in [0.2, 0.25) is 0 Å². The van der Waals surface area contributed by atoms with Crippen LogP contribution in [0.25, 0.3) is 0 Å². The van der Waals surface area contributed by atoms with Crippen molar-refractivity contribution in [1.29, 1.82) is 0 Å². The van der Waals surface area contributed by atoms with Gasteiger partial charge in [0.2, 0.25) is 6.79 Å². The summed E-state index contributed by atoms with van der Waals surface area (Å²) in [5.41, 5.74) is 1.96. The molecule has 2 aromatic rings. The molecule has 0 bridgehead atoms. The van der Waals surface area contributed by atoms with Crippen molar-refractivity contribution >= 4 is 5.91 Å². The van der Waals surface area contributed by atoms with Gasteiger partial charge in [-0.15, -0.1) is 0 Å². The number of ether oxygens (including phenoxy) is 2. The van der Waals surface area contributed by atoms with E-state index in [2.05, 4.69) is 12.1 Å². The molecule has 4 heteroatoms. The topological polar surface area (TPSA) is 38.8 Å². The Morgan fingerprint density at radius 3 is 2.78 bits per heavy atom. The minimum absolute atomic E-state index is 0.0849. The summed E-state index contributed by atoms with van der Waals surface area (Å²) in [6.07, 6.45) is 3.04. The second kappa shape index (κ2) is 5.95. The van der Waals surface area contributed by atoms with Gasteiger partial charge in [-0.3, -0.25) is 4.79 Å². The maximum absolute atomic E-state index is 12.9. The summed E-state index contributed by atoms with van der Waals surface area (Å²) < 4.78 is 10.7. The van der Waals surface area contributed by atoms with Crippen LogP contribution in [-0.4, -0.2) is 30.2 Å². The first kappa shape index (κ1) is 14.1. The summed E-state index contributed by atoms with van der Waals surface area (Å²) in [7, 11) is 0. The van der Waals surface area contributed by atoms with Crippen LogP contribution in [0.15, 0.2) is 48.5 Å². The van der Waals surface area contributed by atoms with Crippen LogP contribution >= 0.6 is 0 Å². The molecule has 0 aliphatic carbocycles. The molecular formula is C19H19NO3. The Morgan fingerprint density at radius 1 is 1.09 bits per heavy atom. The van der Waals surface area contributed by atoms with Crippen LogP contribution in [0.1, 0.15) is 28.8 Å². The van der Waals surface area contributed by atoms with Crippen molar-refractivity contribution in [2.75, 3.05) is 13.3 Å². The van der Waals surface area contributed by atoms with E-state index >= 15 is 0 Å². The van der Waals surface area contributed by atoms with Gasteiger partial charge in [0.1, 0.15) is 0 Å². The lowest BCUT2D eigenvalue weighted by Gasteiger charge is -2.25. The third-order valence-corrected chi connectivity index (χ3v) is 4.57. The zero-order chi connectivity index (χ0) is 15.6. The number of hydrogen-bond donors (Lipinski definition) is 0. The predicted molar refractivity (Wildman–Crippen MR) is 86.8 cm³/mol. The van der Waals surface area contributed by atoms with Crippen molar-refractivity contribution in [2.45, 2.75) is 25.3 Å². The normalized spacial score (nSPS) is 19.1. The van der Waals surface area contributed by atoms with E-state index in [1.807, 2.05) is 35.2 Å². The molecule has 4 rings (SSSR count). The number of amides is 1. The van der Waals surface area contributed by atoms with Gasteiger partial charge >= 0.3 is 0 Å². The molecule has 0 saturated carbocycles. The van der Waals surface area contributed by atoms with Crippen LogP contribution in [0, 0.1) is 0 Å². The monoisotopic (exact) mass is 309 g/mol. The third-order valence-electron chi connectivity index (χ3n) is 4.57. The summed E-state index contributed by atoms with van der Waals surface area (Å²) >= 11 is 0. The minimum atomic E-state index is 0.0849. The minimum Gasteiger partial charge on any atom is -0.454 e. The van der Waals surface area contributed by atoms with Gasteiger partial charge in [0.15, 0.2) is 11.5 Å². The highest BCUT2D eigenvalue weighted by molar-refractivity contribution is 5.95. The van der Waals surface area contributed by atoms with Crippen LogP contribution in [0.4, 0.5) is 0 Å². The molecule has 0 unspecified atom stereocenters. The van der Waals surface area contributed by atoms with Crippen molar-refractivity contribution in [3.05, 3.63) is 59.7 Å². The zero-order valence-corrected chi connectivity index (χ0v) is 12.9. The Balaban J connectivity index is 1.53. The van der Waals surface area contributed by atoms with E-state index in [4.69, 9.17) is 9.47 Å². The standard InChI is InChI=1S/C19H19NO3/c21-19(15-8-9-17-18(12-15)23-13-22-17)20-10-4-7-16(20)11-14-5-2-1-3-6-14/h1-3,5-6,8-9,12,16H,4,7,10-11,13H2/t16-/m0/s1. The number of nitrogens with zero attached hydrogens (tertiary/aromatic N) is 1. The number of fused-ring (bicyclic) bond motifs is 1. The lowest BCUT2D eigenvalue weighted by molar-refractivity contribution is 0.0736. The molecule has 2 heterocycles. The Hall–Kier alpha value is -2.49. The number of rotatable bonds is 3. The van der Waals surface area contributed by atoms with E-state index in [0.717, 1.165) is 25.8 Å². The van der Waals surface area contributed by atoms with E-state index in [0.29, 0.717) is 17.1 Å². The van der Waals surface area contributed by atoms with Gasteiger partial charge in [-0.2, -0.15) is 0 Å². The number of carbonyl (C=O) groups excluding carboxylic acids is 1. The van der Waals surface area contributed by atoms with Gasteiger partial charge in [0.05, 0.1) is 0 Å². The molecule has 1 saturated heterocycles. The first-order valence-electron chi connectivity index (χ1n) is 8.06. The Kier molecular flexibility index (Phi) is 3.66. The molecule has 0 N–H and O–H groups in total. The first-order valence-corrected chi connectivity index (χ1v) is 8.06. The number of carbonyl (C=O) groups is 1. The van der Waals surface area contributed by atoms with Crippen LogP contribution in [0.3, 0.4) is 0 Å². The van der Waals surface area contributed by atoms with E-state index in [-0.39, 0.29) is 18.7 Å². The lowest BCUT2D eigenvalue weighted by Crippen LogP contribution is -2.36. The Labute approximate surface area is 135 Å². The summed E-state index contributed by atoms with van der Waals surface area (Å²) in [6.45, 7) is 1.05. The van der Waals surface area contributed by atoms with Crippen molar-refractivity contribution in [2.24, 2.45) is 0 Å². The van der Waals surface area contributed by atoms with Crippen LogP contribution in [0.5, 0.6) is 11.5 Å². The highest BCUT2D eigenvalue weighted by atomic mass is 16.7. The fourth-order valence-electron chi connectivity index (χ4n) is 3.40. The van der Waals surface area contributed by atoms with Gasteiger partial charge in [0.25, 0.3) is 5.91 Å². The SMILES string of the molecule is O=C(c1ccc2c(c1)OCO2)N1CCC[C@H]1Cc1ccccc1. The molecule has 23 heavy (non-hydrogen) atoms. The number of hydrogen-bond acceptors (Lipinski definition) is 3. The molecule has 1 atom stereocenters. The molecule has 118 valence electrons. The molecule has 0 radical (unpaired) electrons. The van der Waals surface area contributed by atoms with Gasteiger partial charge in [0, 0.05) is 18.2 Å². The fraction of sp³-hybridized carbons (Fsp3) is 0.316. The summed E-state index contributed by atoms with van der Waals surface area (Å²) in [6, 6.07) is 16.1. The molecule has 2 aromatic carbocycles. The highest BCUT2D eigenvalue weighted by Gasteiger charge is 2.30. The molecule has 1 fully saturated rings. The largest absolute Gasteiger partial charge is 0.454 e. The Bertz CT molecular complexity index is 714. The molecule has 2 aliphatic heterocycles. The molecule has 4 nitrogen and oxygen atoms in total. The Morgan fingerprint density at radius 2 is 1.91 bits per heavy atom. The highest BCUT2D eigenvalue weighted by Crippen LogP contribution is 2.33. The summed E-state index contributed by atoms with van der Waals surface area (Å²) in [5, 5.41) is 0. The second-order valence-electron chi connectivity index (χ2n) is 6.05. The third kappa shape index (κ3) is 2.77. The molecule has 0 spiro atoms. The summed E-state index contributed by atoms with van der Waals surface area (Å²) in [5.74, 6) is 1.46. The summed E-state index contributed by atoms with van der Waals surface area (Å²) in [4.78, 5) is 14.9. The maximum Gasteiger partial charge on any atom is 0.254 e. The van der Waals surface area contributed by atoms with Gasteiger partial charge in [-0.1, -0.05) is 30.3 Å². The van der Waals surface area contributed by atoms with Crippen molar-refractivity contribution in [1.82, 2.24) is 4.90 Å². The first-order chi connectivity index (χ1) is 11.3. The fourth-order valence-corrected chi connectivity index (χ4v) is 3.40. The predicted octanol–water partition coefficient (Wildman–Crippen LogP) is 3.26. The van der Waals surface area contributed by atoms with Crippen LogP contribution in [-0.2, 0) is 6.42 Å². The molecule has 0 aromatic heterocycles. The van der Waals surface area contributed by atoms with Gasteiger partial charge in [-0.25, -0.2) is 0 Å². The molecule has 1 amide bonds. The average molecular weight is 309 g/mol. The van der Waals surface area contributed by atoms with E-state index in [1.54, 1.807) is 6.07 Å². The number of likely N-dealkylation sites (tertiary alicyclic amines) is 1. The van der Waals surface area contributed by atoms with Crippen LogP contribution < -0.4 is 9.47 Å². The van der Waals surface area contributed by atoms with E-state index in [1.165, 1.54) is 5.56 Å². The smallest absolute Gasteiger partial charge is 0.254 e. The average Bonchev–Trinajstić information content (AvgIpc) is 3.23. The van der Waals surface area contributed by atoms with E-state index < -0.39 is 0 Å². The lowest BCUT2D eigenvalue weighted by atomic mass is 10.0. The number of benzene rings is 2. The van der Waals surface area contributed by atoms with E-state index in [9.17, 15) is 4.79 Å². The van der Waals surface area contributed by atoms with Gasteiger partial charge < -0.3 is 14.4 Å². The quantitative estimate of drug-likeness (QED) is 0.873. The second-order valence-corrected chi connectivity index (χ2v) is 6.05. The zero-order valence-electron chi connectivity index (χ0n) is 12.9. The maximum atomic E-state index is 12.9. The van der Waals surface area contributed by atoms with Crippen molar-refractivity contribution in [3.8, 4) is 11.5 Å². The van der Waals surface area contributed by atoms with Gasteiger partial charge in [-0.05, 0) is 43.0 Å². The van der Waals surface area contributed by atoms with Crippen molar-refractivity contribution < 1.29 is 14.3 Å². The van der Waals surface area contributed by atoms with Crippen molar-refractivity contribution in [3.63, 3.8) is 0 Å². The molecular weight excluding hydrogens is 290 g/mol.